The maximum Gasteiger partial charge on any atom is 0.131 e. The first-order valence-corrected chi connectivity index (χ1v) is 7.58. The minimum absolute atomic E-state index is 0.877. The van der Waals surface area contributed by atoms with Crippen molar-refractivity contribution in [1.29, 1.82) is 0 Å². The normalized spacial score (nSPS) is 10.7. The molecule has 0 aliphatic carbocycles. The Labute approximate surface area is 130 Å². The van der Waals surface area contributed by atoms with Crippen molar-refractivity contribution in [2.75, 3.05) is 11.9 Å². The Bertz CT molecular complexity index is 635. The van der Waals surface area contributed by atoms with E-state index >= 15 is 0 Å². The van der Waals surface area contributed by atoms with Crippen LogP contribution in [-0.4, -0.2) is 12.0 Å². The van der Waals surface area contributed by atoms with E-state index in [0.717, 1.165) is 16.8 Å². The van der Waals surface area contributed by atoms with E-state index in [1.807, 2.05) is 6.20 Å². The topological polar surface area (TPSA) is 16.1 Å². The molecule has 1 heterocycles. The summed E-state index contributed by atoms with van der Waals surface area (Å²) in [7, 11) is 2.10. The largest absolute Gasteiger partial charge is 0.355 e. The molecular weight excluding hydrogens is 312 g/mol. The molecule has 20 heavy (non-hydrogen) atoms. The van der Waals surface area contributed by atoms with Gasteiger partial charge in [0.25, 0.3) is 0 Å². The SMILES string of the molecule is Cc1cc(C)c(CN(C)c2ncc(Br)cc2C)cc1C. The van der Waals surface area contributed by atoms with E-state index in [2.05, 4.69) is 78.8 Å². The molecule has 106 valence electrons. The molecule has 0 atom stereocenters. The van der Waals surface area contributed by atoms with Crippen LogP contribution in [0.25, 0.3) is 0 Å². The zero-order valence-corrected chi connectivity index (χ0v) is 14.4. The van der Waals surface area contributed by atoms with Gasteiger partial charge < -0.3 is 4.90 Å². The van der Waals surface area contributed by atoms with Crippen LogP contribution in [0, 0.1) is 27.7 Å². The van der Waals surface area contributed by atoms with Crippen LogP contribution in [0.5, 0.6) is 0 Å². The Balaban J connectivity index is 2.27. The standard InChI is InChI=1S/C17H21BrN2/c1-11-6-13(3)15(7-12(11)2)10-20(5)17-14(4)8-16(18)9-19-17/h6-9H,10H2,1-5H3. The molecule has 0 aliphatic heterocycles. The predicted molar refractivity (Wildman–Crippen MR) is 89.4 cm³/mol. The molecule has 2 rings (SSSR count). The van der Waals surface area contributed by atoms with Crippen molar-refractivity contribution in [1.82, 2.24) is 4.98 Å². The third-order valence-corrected chi connectivity index (χ3v) is 4.17. The molecule has 0 bridgehead atoms. The monoisotopic (exact) mass is 332 g/mol. The summed E-state index contributed by atoms with van der Waals surface area (Å²) < 4.78 is 1.02. The van der Waals surface area contributed by atoms with Gasteiger partial charge in [-0.3, -0.25) is 0 Å². The number of halogens is 1. The minimum Gasteiger partial charge on any atom is -0.355 e. The number of nitrogens with zero attached hydrogens (tertiary/aromatic N) is 2. The Hall–Kier alpha value is -1.35. The second kappa shape index (κ2) is 5.96. The van der Waals surface area contributed by atoms with E-state index in [1.165, 1.54) is 27.8 Å². The van der Waals surface area contributed by atoms with Crippen LogP contribution in [0.2, 0.25) is 0 Å². The Morgan fingerprint density at radius 1 is 0.950 bits per heavy atom. The number of hydrogen-bond acceptors (Lipinski definition) is 2. The number of anilines is 1. The van der Waals surface area contributed by atoms with Crippen molar-refractivity contribution < 1.29 is 0 Å². The van der Waals surface area contributed by atoms with Gasteiger partial charge in [0.1, 0.15) is 5.82 Å². The van der Waals surface area contributed by atoms with Gasteiger partial charge in [-0.25, -0.2) is 4.98 Å². The van der Waals surface area contributed by atoms with Gasteiger partial charge in [-0.15, -0.1) is 0 Å². The lowest BCUT2D eigenvalue weighted by Gasteiger charge is -2.22. The number of pyridine rings is 1. The van der Waals surface area contributed by atoms with Crippen LogP contribution < -0.4 is 4.90 Å². The summed E-state index contributed by atoms with van der Waals surface area (Å²) in [5.41, 5.74) is 6.59. The van der Waals surface area contributed by atoms with Crippen molar-refractivity contribution in [2.45, 2.75) is 34.2 Å². The molecule has 0 spiro atoms. The zero-order valence-electron chi connectivity index (χ0n) is 12.8. The summed E-state index contributed by atoms with van der Waals surface area (Å²) in [4.78, 5) is 6.73. The Morgan fingerprint density at radius 2 is 1.60 bits per heavy atom. The van der Waals surface area contributed by atoms with Gasteiger partial charge in [0, 0.05) is 24.3 Å². The molecule has 0 radical (unpaired) electrons. The predicted octanol–water partition coefficient (Wildman–Crippen LogP) is 4.71. The van der Waals surface area contributed by atoms with Crippen molar-refractivity contribution in [2.24, 2.45) is 0 Å². The molecule has 1 aromatic carbocycles. The van der Waals surface area contributed by atoms with Crippen LogP contribution in [0.4, 0.5) is 5.82 Å². The van der Waals surface area contributed by atoms with Crippen LogP contribution in [0.15, 0.2) is 28.9 Å². The van der Waals surface area contributed by atoms with Gasteiger partial charge in [0.15, 0.2) is 0 Å². The van der Waals surface area contributed by atoms with E-state index in [0.29, 0.717) is 0 Å². The van der Waals surface area contributed by atoms with Gasteiger partial charge in [-0.05, 0) is 77.5 Å². The first-order valence-electron chi connectivity index (χ1n) is 6.78. The lowest BCUT2D eigenvalue weighted by atomic mass is 10.0. The maximum atomic E-state index is 4.52. The fourth-order valence-corrected chi connectivity index (χ4v) is 2.90. The third-order valence-electron chi connectivity index (χ3n) is 3.74. The molecule has 0 N–H and O–H groups in total. The third kappa shape index (κ3) is 3.21. The van der Waals surface area contributed by atoms with E-state index in [4.69, 9.17) is 0 Å². The number of hydrogen-bond donors (Lipinski definition) is 0. The summed E-state index contributed by atoms with van der Waals surface area (Å²) in [5, 5.41) is 0. The average Bonchev–Trinajstić information content (AvgIpc) is 2.35. The zero-order chi connectivity index (χ0) is 14.9. The molecule has 0 amide bonds. The van der Waals surface area contributed by atoms with Gasteiger partial charge in [-0.2, -0.15) is 0 Å². The molecule has 0 fully saturated rings. The fourth-order valence-electron chi connectivity index (χ4n) is 2.45. The Kier molecular flexibility index (Phi) is 4.48. The van der Waals surface area contributed by atoms with E-state index in [-0.39, 0.29) is 0 Å². The molecule has 2 nitrogen and oxygen atoms in total. The van der Waals surface area contributed by atoms with Gasteiger partial charge >= 0.3 is 0 Å². The second-order valence-corrected chi connectivity index (χ2v) is 6.43. The minimum atomic E-state index is 0.877. The smallest absolute Gasteiger partial charge is 0.131 e. The molecule has 1 aromatic heterocycles. The highest BCUT2D eigenvalue weighted by atomic mass is 79.9. The van der Waals surface area contributed by atoms with Crippen molar-refractivity contribution >= 4 is 21.7 Å². The highest BCUT2D eigenvalue weighted by Gasteiger charge is 2.10. The van der Waals surface area contributed by atoms with Crippen LogP contribution in [0.1, 0.15) is 27.8 Å². The first kappa shape index (κ1) is 15.0. The van der Waals surface area contributed by atoms with Crippen LogP contribution in [-0.2, 0) is 6.54 Å². The van der Waals surface area contributed by atoms with Gasteiger partial charge in [0.2, 0.25) is 0 Å². The molecule has 2 aromatic rings. The molecule has 0 unspecified atom stereocenters. The summed E-state index contributed by atoms with van der Waals surface area (Å²) in [6, 6.07) is 6.65. The lowest BCUT2D eigenvalue weighted by Crippen LogP contribution is -2.19. The molecule has 0 aliphatic rings. The number of aryl methyl sites for hydroxylation is 4. The van der Waals surface area contributed by atoms with Crippen molar-refractivity contribution in [3.05, 3.63) is 56.7 Å². The number of rotatable bonds is 3. The van der Waals surface area contributed by atoms with Crippen molar-refractivity contribution in [3.8, 4) is 0 Å². The average molecular weight is 333 g/mol. The Morgan fingerprint density at radius 3 is 2.25 bits per heavy atom. The highest BCUT2D eigenvalue weighted by molar-refractivity contribution is 9.10. The summed E-state index contributed by atoms with van der Waals surface area (Å²) in [5.74, 6) is 1.03. The molecule has 3 heteroatoms. The second-order valence-electron chi connectivity index (χ2n) is 5.51. The quantitative estimate of drug-likeness (QED) is 0.808. The van der Waals surface area contributed by atoms with E-state index < -0.39 is 0 Å². The van der Waals surface area contributed by atoms with Gasteiger partial charge in [0.05, 0.1) is 0 Å². The van der Waals surface area contributed by atoms with Crippen LogP contribution in [0.3, 0.4) is 0 Å². The molecule has 0 saturated carbocycles. The molecule has 0 saturated heterocycles. The van der Waals surface area contributed by atoms with E-state index in [1.54, 1.807) is 0 Å². The summed E-state index contributed by atoms with van der Waals surface area (Å²) in [6.07, 6.45) is 1.85. The number of aromatic nitrogens is 1. The molecular formula is C17H21BrN2. The van der Waals surface area contributed by atoms with Gasteiger partial charge in [-0.1, -0.05) is 12.1 Å². The highest BCUT2D eigenvalue weighted by Crippen LogP contribution is 2.23. The number of benzene rings is 1. The lowest BCUT2D eigenvalue weighted by molar-refractivity contribution is 0.881. The van der Waals surface area contributed by atoms with E-state index in [9.17, 15) is 0 Å². The summed E-state index contributed by atoms with van der Waals surface area (Å²) >= 11 is 3.46. The van der Waals surface area contributed by atoms with Crippen molar-refractivity contribution in [3.63, 3.8) is 0 Å². The summed E-state index contributed by atoms with van der Waals surface area (Å²) in [6.45, 7) is 9.48. The first-order chi connectivity index (χ1) is 9.38. The fraction of sp³-hybridized carbons (Fsp3) is 0.353. The maximum absolute atomic E-state index is 4.52. The van der Waals surface area contributed by atoms with Crippen LogP contribution >= 0.6 is 15.9 Å².